The molecule has 0 rings (SSSR count). The molecule has 2 N–H and O–H groups in total. The minimum absolute atomic E-state index is 0. The summed E-state index contributed by atoms with van der Waals surface area (Å²) in [5.41, 5.74) is 12.5. The van der Waals surface area contributed by atoms with Crippen molar-refractivity contribution in [3.63, 3.8) is 0 Å². The van der Waals surface area contributed by atoms with E-state index in [4.69, 9.17) is 11.5 Å². The zero-order chi connectivity index (χ0) is 10.1. The van der Waals surface area contributed by atoms with Gasteiger partial charge in [0.15, 0.2) is 0 Å². The molecule has 7 heteroatoms. The van der Waals surface area contributed by atoms with Crippen molar-refractivity contribution in [2.45, 2.75) is 6.92 Å². The summed E-state index contributed by atoms with van der Waals surface area (Å²) in [5.74, 6) is -4.76. The smallest absolute Gasteiger partial charge is 0.679 e. The van der Waals surface area contributed by atoms with Crippen LogP contribution in [0.1, 0.15) is 6.92 Å². The monoisotopic (exact) mass is 369 g/mol. The summed E-state index contributed by atoms with van der Waals surface area (Å²) in [7, 11) is 0. The van der Waals surface area contributed by atoms with Gasteiger partial charge in [-0.15, -0.1) is 0 Å². The Morgan fingerprint density at radius 1 is 1.15 bits per heavy atom. The minimum atomic E-state index is -1.62. The fourth-order valence-electron chi connectivity index (χ4n) is 0.0962. The summed E-state index contributed by atoms with van der Waals surface area (Å²) in [5, 5.41) is 19.2. The van der Waals surface area contributed by atoms with Crippen LogP contribution in [0, 0.1) is 5.92 Å². The molecule has 0 heterocycles. The van der Waals surface area contributed by atoms with E-state index in [2.05, 4.69) is 0 Å². The van der Waals surface area contributed by atoms with Gasteiger partial charge in [0.2, 0.25) is 0 Å². The van der Waals surface area contributed by atoms with Crippen molar-refractivity contribution in [3.05, 3.63) is 11.5 Å². The number of hydrogen-bond donors (Lipinski definition) is 0. The molecule has 0 spiro atoms. The maximum absolute atomic E-state index is 9.61. The largest absolute Gasteiger partial charge is 4.00 e. The Hall–Kier alpha value is -0.452. The summed E-state index contributed by atoms with van der Waals surface area (Å²) in [6.45, 7) is 1.46. The van der Waals surface area contributed by atoms with Gasteiger partial charge >= 0.3 is 21.1 Å². The molecule has 0 fully saturated rings. The Balaban J connectivity index is -0.000000173. The molecule has 0 saturated heterocycles. The summed E-state index contributed by atoms with van der Waals surface area (Å²) in [6, 6.07) is 0. The molecule has 0 aliphatic heterocycles. The van der Waals surface area contributed by atoms with Gasteiger partial charge in [-0.3, -0.25) is 0 Å². The number of carboxylic acids is 2. The first-order valence-corrected chi connectivity index (χ1v) is 3.18. The maximum atomic E-state index is 9.61. The zero-order valence-corrected chi connectivity index (χ0v) is 9.21. The second-order valence-corrected chi connectivity index (χ2v) is 1.86. The predicted octanol–water partition coefficient (Wildman–Crippen LogP) is -1.79. The van der Waals surface area contributed by atoms with Crippen LogP contribution in [0.25, 0.3) is 11.5 Å². The zero-order valence-electron chi connectivity index (χ0n) is 6.94. The van der Waals surface area contributed by atoms with E-state index in [1.807, 2.05) is 0 Å². The maximum Gasteiger partial charge on any atom is 4.00 e. The molecular formula is C6H10N2O4Pt. The normalized spacial score (nSPS) is 8.00. The molecule has 0 aromatic rings. The first-order chi connectivity index (χ1) is 5.47. The van der Waals surface area contributed by atoms with Gasteiger partial charge in [-0.05, 0) is 0 Å². The number of carbonyl (C=O) groups is 2. The second kappa shape index (κ2) is 11.5. The third kappa shape index (κ3) is 14.4. The molecule has 0 bridgehead atoms. The average molecular weight is 369 g/mol. The summed E-state index contributed by atoms with van der Waals surface area (Å²) in [6.07, 6.45) is 0. The third-order valence-electron chi connectivity index (χ3n) is 0.832. The van der Waals surface area contributed by atoms with Crippen molar-refractivity contribution in [1.82, 2.24) is 0 Å². The Kier molecular flexibility index (Phi) is 16.3. The minimum Gasteiger partial charge on any atom is -0.679 e. The summed E-state index contributed by atoms with van der Waals surface area (Å²) in [4.78, 5) is 19.2. The van der Waals surface area contributed by atoms with Gasteiger partial charge < -0.3 is 31.3 Å². The van der Waals surface area contributed by atoms with Crippen molar-refractivity contribution in [2.24, 2.45) is 5.92 Å². The van der Waals surface area contributed by atoms with Crippen molar-refractivity contribution in [2.75, 3.05) is 13.1 Å². The molecule has 0 aromatic carbocycles. The van der Waals surface area contributed by atoms with Gasteiger partial charge in [0.25, 0.3) is 0 Å². The SMILES string of the molecule is CC(C(=O)[O-])C(=O)[O-].[NH-]CC[NH-].[Pt+4]. The average Bonchev–Trinajstić information content (AvgIpc) is 2.03. The molecule has 6 nitrogen and oxygen atoms in total. The van der Waals surface area contributed by atoms with E-state index in [1.165, 1.54) is 0 Å². The summed E-state index contributed by atoms with van der Waals surface area (Å²) < 4.78 is 0. The Morgan fingerprint density at radius 2 is 1.38 bits per heavy atom. The molecule has 0 atom stereocenters. The Labute approximate surface area is 90.5 Å². The van der Waals surface area contributed by atoms with Crippen LogP contribution in [0.4, 0.5) is 0 Å². The topological polar surface area (TPSA) is 128 Å². The summed E-state index contributed by atoms with van der Waals surface area (Å²) >= 11 is 0. The van der Waals surface area contributed by atoms with E-state index < -0.39 is 17.9 Å². The van der Waals surface area contributed by atoms with Crippen molar-refractivity contribution >= 4 is 11.9 Å². The van der Waals surface area contributed by atoms with Gasteiger partial charge in [-0.1, -0.05) is 6.92 Å². The molecule has 0 aromatic heterocycles. The van der Waals surface area contributed by atoms with Crippen LogP contribution in [0.3, 0.4) is 0 Å². The number of nitrogens with one attached hydrogen (secondary N) is 2. The molecule has 13 heavy (non-hydrogen) atoms. The molecule has 0 unspecified atom stereocenters. The molecule has 0 radical (unpaired) electrons. The van der Waals surface area contributed by atoms with Crippen LogP contribution in [-0.2, 0) is 30.7 Å². The Morgan fingerprint density at radius 3 is 1.38 bits per heavy atom. The Bertz CT molecular complexity index is 138. The van der Waals surface area contributed by atoms with E-state index in [0.29, 0.717) is 0 Å². The van der Waals surface area contributed by atoms with E-state index in [1.54, 1.807) is 0 Å². The van der Waals surface area contributed by atoms with Gasteiger partial charge in [-0.25, -0.2) is 0 Å². The van der Waals surface area contributed by atoms with Crippen molar-refractivity contribution in [3.8, 4) is 0 Å². The van der Waals surface area contributed by atoms with Gasteiger partial charge in [0.1, 0.15) is 0 Å². The second-order valence-electron chi connectivity index (χ2n) is 1.86. The van der Waals surface area contributed by atoms with E-state index >= 15 is 0 Å². The number of carboxylic acid groups (broad SMARTS) is 2. The predicted molar refractivity (Wildman–Crippen MR) is 37.6 cm³/mol. The number of rotatable bonds is 3. The fourth-order valence-corrected chi connectivity index (χ4v) is 0.0962. The standard InChI is InChI=1S/C4H6O4.C2H6N2.Pt/c1-2(3(5)6)4(7)8;3-1-2-4;/h2H,1H3,(H,5,6)(H,7,8);3-4H,1-2H2;/q;-2;+4/p-2. The first-order valence-electron chi connectivity index (χ1n) is 3.18. The number of hydrogen-bond acceptors (Lipinski definition) is 4. The van der Waals surface area contributed by atoms with Crippen LogP contribution in [0.2, 0.25) is 0 Å². The molecule has 0 aliphatic rings. The van der Waals surface area contributed by atoms with E-state index in [9.17, 15) is 19.8 Å². The van der Waals surface area contributed by atoms with E-state index in [0.717, 1.165) is 6.92 Å². The quantitative estimate of drug-likeness (QED) is 0.544. The van der Waals surface area contributed by atoms with Crippen LogP contribution >= 0.6 is 0 Å². The molecule has 0 saturated carbocycles. The van der Waals surface area contributed by atoms with E-state index in [-0.39, 0.29) is 34.2 Å². The third-order valence-corrected chi connectivity index (χ3v) is 0.832. The molecule has 0 aliphatic carbocycles. The van der Waals surface area contributed by atoms with Crippen LogP contribution in [0.15, 0.2) is 0 Å². The fraction of sp³-hybridized carbons (Fsp3) is 0.667. The molecular weight excluding hydrogens is 359 g/mol. The number of aliphatic carboxylic acids is 2. The molecule has 0 amide bonds. The van der Waals surface area contributed by atoms with Gasteiger partial charge in [-0.2, -0.15) is 13.1 Å². The van der Waals surface area contributed by atoms with Gasteiger partial charge in [0.05, 0.1) is 0 Å². The van der Waals surface area contributed by atoms with Crippen LogP contribution in [-0.4, -0.2) is 25.0 Å². The van der Waals surface area contributed by atoms with Crippen LogP contribution in [0.5, 0.6) is 0 Å². The molecule has 78 valence electrons. The van der Waals surface area contributed by atoms with Crippen molar-refractivity contribution < 1.29 is 40.9 Å². The van der Waals surface area contributed by atoms with Gasteiger partial charge in [0, 0.05) is 17.9 Å². The number of carbonyl (C=O) groups excluding carboxylic acids is 2. The van der Waals surface area contributed by atoms with Crippen molar-refractivity contribution in [1.29, 1.82) is 0 Å². The first kappa shape index (κ1) is 18.4. The van der Waals surface area contributed by atoms with Crippen LogP contribution < -0.4 is 10.2 Å².